The van der Waals surface area contributed by atoms with Gasteiger partial charge in [0.15, 0.2) is 14.5 Å². The third kappa shape index (κ3) is 5.67. The Morgan fingerprint density at radius 2 is 1.78 bits per heavy atom. The summed E-state index contributed by atoms with van der Waals surface area (Å²) in [6.45, 7) is 6.53. The highest BCUT2D eigenvalue weighted by molar-refractivity contribution is 7.93. The van der Waals surface area contributed by atoms with Crippen molar-refractivity contribution in [2.75, 3.05) is 0 Å². The molecule has 0 radical (unpaired) electrons. The van der Waals surface area contributed by atoms with Gasteiger partial charge in [0, 0.05) is 0 Å². The van der Waals surface area contributed by atoms with Gasteiger partial charge in [-0.05, 0) is 39.8 Å². The predicted molar refractivity (Wildman–Crippen MR) is 88.1 cm³/mol. The molecule has 0 aliphatic carbocycles. The molecule has 1 aromatic carbocycles. The van der Waals surface area contributed by atoms with Crippen LogP contribution in [0.4, 0.5) is 4.79 Å². The molecular weight excluding hydrogens is 342 g/mol. The van der Waals surface area contributed by atoms with Crippen LogP contribution in [0.3, 0.4) is 0 Å². The molecular formula is C15H22ClNO5S. The number of nitrogens with one attached hydrogen (secondary N) is 1. The number of halogens is 1. The van der Waals surface area contributed by atoms with Gasteiger partial charge in [-0.15, -0.1) is 11.6 Å². The Kier molecular flexibility index (Phi) is 6.44. The van der Waals surface area contributed by atoms with Gasteiger partial charge in [0.2, 0.25) is 0 Å². The second kappa shape index (κ2) is 7.51. The Hall–Kier alpha value is -1.31. The number of hydrogen-bond donors (Lipinski definition) is 2. The van der Waals surface area contributed by atoms with Gasteiger partial charge < -0.3 is 15.2 Å². The van der Waals surface area contributed by atoms with Gasteiger partial charge in [0.25, 0.3) is 0 Å². The van der Waals surface area contributed by atoms with E-state index in [0.717, 1.165) is 0 Å². The summed E-state index contributed by atoms with van der Waals surface area (Å²) in [5.74, 6) is 0. The van der Waals surface area contributed by atoms with Crippen LogP contribution in [0.2, 0.25) is 0 Å². The molecule has 6 nitrogen and oxygen atoms in total. The molecule has 3 atom stereocenters. The van der Waals surface area contributed by atoms with Crippen LogP contribution < -0.4 is 5.32 Å². The van der Waals surface area contributed by atoms with Gasteiger partial charge in [0.05, 0.1) is 10.9 Å². The smallest absolute Gasteiger partial charge is 0.407 e. The maximum Gasteiger partial charge on any atom is 0.407 e. The first-order chi connectivity index (χ1) is 10.4. The van der Waals surface area contributed by atoms with Gasteiger partial charge in [0.1, 0.15) is 11.7 Å². The summed E-state index contributed by atoms with van der Waals surface area (Å²) >= 11 is 5.94. The molecule has 1 amide bonds. The topological polar surface area (TPSA) is 92.7 Å². The number of rotatable bonds is 5. The summed E-state index contributed by atoms with van der Waals surface area (Å²) in [6, 6.07) is 6.67. The van der Waals surface area contributed by atoms with Crippen LogP contribution in [-0.2, 0) is 14.6 Å². The first-order valence-corrected chi connectivity index (χ1v) is 9.04. The van der Waals surface area contributed by atoms with Crippen molar-refractivity contribution in [3.05, 3.63) is 30.3 Å². The molecule has 0 aromatic heterocycles. The van der Waals surface area contributed by atoms with Gasteiger partial charge in [-0.2, -0.15) is 0 Å². The number of hydrogen-bond acceptors (Lipinski definition) is 5. The van der Waals surface area contributed by atoms with Crippen LogP contribution in [0, 0.1) is 0 Å². The summed E-state index contributed by atoms with van der Waals surface area (Å²) in [5.41, 5.74) is -0.703. The lowest BCUT2D eigenvalue weighted by Crippen LogP contribution is -2.48. The Morgan fingerprint density at radius 3 is 2.26 bits per heavy atom. The van der Waals surface area contributed by atoms with E-state index < -0.39 is 38.4 Å². The lowest BCUT2D eigenvalue weighted by molar-refractivity contribution is 0.0445. The summed E-state index contributed by atoms with van der Waals surface area (Å²) < 4.78 is 28.2. The van der Waals surface area contributed by atoms with E-state index in [-0.39, 0.29) is 4.90 Å². The van der Waals surface area contributed by atoms with E-state index in [1.165, 1.54) is 19.1 Å². The summed E-state index contributed by atoms with van der Waals surface area (Å²) in [7, 11) is -3.93. The average molecular weight is 364 g/mol. The van der Waals surface area contributed by atoms with Gasteiger partial charge in [-0.3, -0.25) is 0 Å². The van der Waals surface area contributed by atoms with Crippen LogP contribution in [0.15, 0.2) is 35.2 Å². The zero-order chi connectivity index (χ0) is 17.8. The zero-order valence-corrected chi connectivity index (χ0v) is 15.1. The molecule has 1 aromatic rings. The molecule has 8 heteroatoms. The van der Waals surface area contributed by atoms with Crippen LogP contribution in [0.1, 0.15) is 27.7 Å². The van der Waals surface area contributed by atoms with E-state index in [0.29, 0.717) is 0 Å². The Bertz CT molecular complexity index is 627. The first kappa shape index (κ1) is 19.7. The van der Waals surface area contributed by atoms with Crippen molar-refractivity contribution in [2.45, 2.75) is 55.0 Å². The van der Waals surface area contributed by atoms with Gasteiger partial charge in [-0.25, -0.2) is 13.2 Å². The number of sulfone groups is 1. The fourth-order valence-corrected chi connectivity index (χ4v) is 3.66. The van der Waals surface area contributed by atoms with E-state index in [1.54, 1.807) is 39.0 Å². The Balaban J connectivity index is 2.80. The van der Waals surface area contributed by atoms with E-state index in [2.05, 4.69) is 5.32 Å². The number of ether oxygens (including phenoxy) is 1. The van der Waals surface area contributed by atoms with Crippen molar-refractivity contribution < 1.29 is 23.1 Å². The highest BCUT2D eigenvalue weighted by Crippen LogP contribution is 2.23. The monoisotopic (exact) mass is 363 g/mol. The van der Waals surface area contributed by atoms with Gasteiger partial charge in [-0.1, -0.05) is 18.2 Å². The normalized spacial score (nSPS) is 16.3. The van der Waals surface area contributed by atoms with Crippen molar-refractivity contribution >= 4 is 27.5 Å². The summed E-state index contributed by atoms with van der Waals surface area (Å²) in [5, 5.41) is 12.5. The van der Waals surface area contributed by atoms with Crippen LogP contribution in [0.5, 0.6) is 0 Å². The number of alkyl carbamates (subject to hydrolysis) is 1. The molecule has 0 bridgehead atoms. The second-order valence-corrected chi connectivity index (χ2v) is 8.93. The summed E-state index contributed by atoms with van der Waals surface area (Å²) in [4.78, 5) is 11.7. The van der Waals surface area contributed by atoms with Crippen molar-refractivity contribution in [3.8, 4) is 0 Å². The lowest BCUT2D eigenvalue weighted by Gasteiger charge is -2.26. The molecule has 0 fully saturated rings. The fraction of sp³-hybridized carbons (Fsp3) is 0.533. The van der Waals surface area contributed by atoms with Crippen molar-refractivity contribution in [3.63, 3.8) is 0 Å². The molecule has 0 saturated heterocycles. The van der Waals surface area contributed by atoms with E-state index >= 15 is 0 Å². The fourth-order valence-electron chi connectivity index (χ4n) is 1.73. The molecule has 0 saturated carbocycles. The molecule has 0 heterocycles. The number of amides is 1. The van der Waals surface area contributed by atoms with E-state index in [4.69, 9.17) is 16.3 Å². The minimum atomic E-state index is -3.93. The van der Waals surface area contributed by atoms with Crippen LogP contribution in [-0.4, -0.2) is 42.1 Å². The molecule has 0 aliphatic heterocycles. The quantitative estimate of drug-likeness (QED) is 0.783. The lowest BCUT2D eigenvalue weighted by atomic mass is 10.2. The standard InChI is InChI=1S/C15H22ClNO5S/c1-10(17-14(19)22-15(2,3)4)12(18)13(16)23(20,21)11-8-6-5-7-9-11/h5-10,12-13,18H,1-4H3,(H,17,19)/t10-,12-,13+/m0/s1. The van der Waals surface area contributed by atoms with Crippen molar-refractivity contribution in [1.29, 1.82) is 0 Å². The minimum Gasteiger partial charge on any atom is -0.444 e. The zero-order valence-electron chi connectivity index (χ0n) is 13.5. The summed E-state index contributed by atoms with van der Waals surface area (Å²) in [6.07, 6.45) is -2.26. The molecule has 130 valence electrons. The average Bonchev–Trinajstić information content (AvgIpc) is 2.44. The maximum absolute atomic E-state index is 12.4. The van der Waals surface area contributed by atoms with E-state index in [9.17, 15) is 18.3 Å². The first-order valence-electron chi connectivity index (χ1n) is 7.06. The molecule has 0 unspecified atom stereocenters. The number of benzene rings is 1. The van der Waals surface area contributed by atoms with Crippen molar-refractivity contribution in [2.24, 2.45) is 0 Å². The maximum atomic E-state index is 12.4. The van der Waals surface area contributed by atoms with Gasteiger partial charge >= 0.3 is 6.09 Å². The SMILES string of the molecule is C[C@H](NC(=O)OC(C)(C)C)[C@H](O)[C@H](Cl)S(=O)(=O)c1ccccc1. The van der Waals surface area contributed by atoms with Crippen molar-refractivity contribution in [1.82, 2.24) is 5.32 Å². The molecule has 0 spiro atoms. The molecule has 23 heavy (non-hydrogen) atoms. The van der Waals surface area contributed by atoms with Crippen LogP contribution in [0.25, 0.3) is 0 Å². The molecule has 2 N–H and O–H groups in total. The minimum absolute atomic E-state index is 0.00326. The number of carbonyl (C=O) groups excluding carboxylic acids is 1. The third-order valence-electron chi connectivity index (χ3n) is 2.89. The van der Waals surface area contributed by atoms with E-state index in [1.807, 2.05) is 0 Å². The molecule has 1 rings (SSSR count). The predicted octanol–water partition coefficient (Wildman–Crippen LogP) is 2.30. The largest absolute Gasteiger partial charge is 0.444 e. The second-order valence-electron chi connectivity index (χ2n) is 6.13. The Morgan fingerprint density at radius 1 is 1.26 bits per heavy atom. The number of aliphatic hydroxyl groups is 1. The highest BCUT2D eigenvalue weighted by atomic mass is 35.5. The number of alkyl halides is 1. The molecule has 0 aliphatic rings. The number of carbonyl (C=O) groups is 1. The highest BCUT2D eigenvalue weighted by Gasteiger charge is 2.36. The Labute approximate surface area is 141 Å². The number of aliphatic hydroxyl groups excluding tert-OH is 1. The van der Waals surface area contributed by atoms with Crippen LogP contribution >= 0.6 is 11.6 Å². The third-order valence-corrected chi connectivity index (χ3v) is 5.66.